The number of amides is 2. The molecule has 2 amide bonds. The van der Waals surface area contributed by atoms with Crippen molar-refractivity contribution in [3.8, 4) is 5.88 Å². The first-order valence-corrected chi connectivity index (χ1v) is 12.4. The van der Waals surface area contributed by atoms with Crippen LogP contribution < -0.4 is 26.7 Å². The van der Waals surface area contributed by atoms with E-state index < -0.39 is 48.7 Å². The molecule has 0 saturated heterocycles. The monoisotopic (exact) mass is 550 g/mol. The second-order valence-corrected chi connectivity index (χ2v) is 8.83. The fourth-order valence-corrected chi connectivity index (χ4v) is 3.86. The minimum atomic E-state index is -1.64. The summed E-state index contributed by atoms with van der Waals surface area (Å²) < 4.78 is 5.80. The molecule has 2 aromatic heterocycles. The van der Waals surface area contributed by atoms with Crippen molar-refractivity contribution in [3.05, 3.63) is 76.3 Å². The van der Waals surface area contributed by atoms with Crippen LogP contribution in [0.3, 0.4) is 0 Å². The molecule has 14 heteroatoms. The van der Waals surface area contributed by atoms with Crippen molar-refractivity contribution in [3.63, 3.8) is 0 Å². The Morgan fingerprint density at radius 1 is 1.07 bits per heavy atom. The van der Waals surface area contributed by atoms with Gasteiger partial charge in [-0.25, -0.2) is 14.6 Å². The highest BCUT2D eigenvalue weighted by atomic mass is 16.5. The normalized spacial score (nSPS) is 11.6. The van der Waals surface area contributed by atoms with Gasteiger partial charge in [0.05, 0.1) is 28.7 Å². The summed E-state index contributed by atoms with van der Waals surface area (Å²) in [4.78, 5) is 58.1. The van der Waals surface area contributed by atoms with Gasteiger partial charge in [-0.15, -0.1) is 0 Å². The van der Waals surface area contributed by atoms with Crippen LogP contribution in [0.2, 0.25) is 0 Å². The fourth-order valence-electron chi connectivity index (χ4n) is 3.86. The van der Waals surface area contributed by atoms with Crippen molar-refractivity contribution in [1.29, 1.82) is 0 Å². The zero-order chi connectivity index (χ0) is 28.5. The van der Waals surface area contributed by atoms with Gasteiger partial charge in [0.15, 0.2) is 0 Å². The number of ether oxygens (including phenoxy) is 1. The summed E-state index contributed by atoms with van der Waals surface area (Å²) in [6.07, 6.45) is -0.160. The number of aromatic nitrogens is 4. The van der Waals surface area contributed by atoms with Crippen molar-refractivity contribution in [2.24, 2.45) is 0 Å². The number of fused-ring (bicyclic) bond motifs is 1. The Morgan fingerprint density at radius 3 is 2.58 bits per heavy atom. The van der Waals surface area contributed by atoms with E-state index in [1.54, 1.807) is 30.3 Å². The molecule has 4 rings (SSSR count). The van der Waals surface area contributed by atoms with Gasteiger partial charge in [-0.2, -0.15) is 0 Å². The third kappa shape index (κ3) is 7.40. The lowest BCUT2D eigenvalue weighted by molar-refractivity contribution is -0.308. The molecule has 4 aromatic rings. The zero-order valence-electron chi connectivity index (χ0n) is 21.3. The maximum atomic E-state index is 12.4. The number of imidazole rings is 2. The van der Waals surface area contributed by atoms with Crippen molar-refractivity contribution in [1.82, 2.24) is 30.2 Å². The Hall–Kier alpha value is -5.27. The van der Waals surface area contributed by atoms with E-state index in [1.807, 2.05) is 24.3 Å². The first-order chi connectivity index (χ1) is 19.3. The number of carboxylic acid groups (broad SMARTS) is 1. The van der Waals surface area contributed by atoms with Crippen molar-refractivity contribution >= 4 is 35.0 Å². The second kappa shape index (κ2) is 13.0. The second-order valence-electron chi connectivity index (χ2n) is 8.83. The highest BCUT2D eigenvalue weighted by Gasteiger charge is 2.19. The summed E-state index contributed by atoms with van der Waals surface area (Å²) in [6.45, 7) is -0.677. The number of aromatic amines is 2. The summed E-state index contributed by atoms with van der Waals surface area (Å²) in [5, 5.41) is 29.4. The van der Waals surface area contributed by atoms with E-state index in [0.717, 1.165) is 15.6 Å². The number of para-hydroxylation sites is 2. The molecule has 0 aliphatic rings. The van der Waals surface area contributed by atoms with Gasteiger partial charge in [0.25, 0.3) is 0 Å². The zero-order valence-corrected chi connectivity index (χ0v) is 21.3. The third-order valence-corrected chi connectivity index (χ3v) is 5.91. The lowest BCUT2D eigenvalue weighted by Gasteiger charge is -2.20. The van der Waals surface area contributed by atoms with Crippen molar-refractivity contribution < 1.29 is 29.3 Å². The maximum absolute atomic E-state index is 12.4. The molecular weight excluding hydrogens is 522 g/mol. The number of carbonyl (C=O) groups is 3. The summed E-state index contributed by atoms with van der Waals surface area (Å²) in [6, 6.07) is 14.8. The number of anilines is 1. The molecule has 14 nitrogen and oxygen atoms in total. The van der Waals surface area contributed by atoms with Crippen LogP contribution in [-0.2, 0) is 33.9 Å². The van der Waals surface area contributed by atoms with Crippen LogP contribution in [0, 0.1) is 0 Å². The largest absolute Gasteiger partial charge is 0.548 e. The van der Waals surface area contributed by atoms with Crippen LogP contribution >= 0.6 is 0 Å². The number of aliphatic carboxylic acids is 1. The summed E-state index contributed by atoms with van der Waals surface area (Å²) >= 11 is 0. The van der Waals surface area contributed by atoms with Gasteiger partial charge >= 0.3 is 11.8 Å². The van der Waals surface area contributed by atoms with E-state index >= 15 is 0 Å². The predicted molar refractivity (Wildman–Crippen MR) is 141 cm³/mol. The number of carboxylic acids is 1. The summed E-state index contributed by atoms with van der Waals surface area (Å²) in [7, 11) is 0. The molecule has 1 unspecified atom stereocenters. The average Bonchev–Trinajstić information content (AvgIpc) is 3.48. The molecule has 2 heterocycles. The molecule has 2 aromatic carbocycles. The molecule has 0 fully saturated rings. The lowest BCUT2D eigenvalue weighted by atomic mass is 10.2. The smallest absolute Gasteiger partial charge is 0.408 e. The molecule has 0 saturated carbocycles. The molecule has 0 aliphatic heterocycles. The molecule has 0 spiro atoms. The third-order valence-electron chi connectivity index (χ3n) is 5.91. The van der Waals surface area contributed by atoms with Crippen LogP contribution in [0.4, 0.5) is 10.7 Å². The van der Waals surface area contributed by atoms with Crippen molar-refractivity contribution in [2.75, 3.05) is 18.4 Å². The van der Waals surface area contributed by atoms with Gasteiger partial charge in [0, 0.05) is 13.1 Å². The predicted octanol–water partition coefficient (Wildman–Crippen LogP) is -0.0359. The van der Waals surface area contributed by atoms with E-state index in [1.165, 1.54) is 0 Å². The standard InChI is InChI=1S/C26H29N7O7/c34-21(28-13-20(23(36)37)32-26(39)40-15-16-7-2-1-3-8-16)14-33-22(35)19(31-25(33)38)11-6-12-27-24-29-17-9-4-5-10-18(17)30-24/h1-5,7-10,20,35H,6,11-15H2,(H,28,34)(H,31,38)(H,32,39)(H,36,37)(H2,27,29,30)/p-1. The van der Waals surface area contributed by atoms with E-state index in [2.05, 4.69) is 30.9 Å². The number of hydrogen-bond acceptors (Lipinski definition) is 9. The van der Waals surface area contributed by atoms with Crippen LogP contribution in [0.15, 0.2) is 59.4 Å². The Kier molecular flexibility index (Phi) is 9.02. The number of hydrogen-bond donors (Lipinski definition) is 6. The molecule has 0 radical (unpaired) electrons. The Morgan fingerprint density at radius 2 is 1.82 bits per heavy atom. The number of benzene rings is 2. The molecule has 210 valence electrons. The number of carbonyl (C=O) groups excluding carboxylic acids is 3. The van der Waals surface area contributed by atoms with Gasteiger partial charge in [-0.05, 0) is 30.5 Å². The van der Waals surface area contributed by atoms with E-state index in [9.17, 15) is 29.4 Å². The summed E-state index contributed by atoms with van der Waals surface area (Å²) in [5.41, 5.74) is 1.97. The van der Waals surface area contributed by atoms with Gasteiger partial charge in [0.1, 0.15) is 13.2 Å². The molecule has 0 aliphatic carbocycles. The number of alkyl carbamates (subject to hydrolysis) is 1. The minimum absolute atomic E-state index is 0.0766. The van der Waals surface area contributed by atoms with Gasteiger partial charge < -0.3 is 45.7 Å². The molecule has 40 heavy (non-hydrogen) atoms. The lowest BCUT2D eigenvalue weighted by Crippen LogP contribution is -2.54. The number of aromatic hydroxyl groups is 1. The van der Waals surface area contributed by atoms with Gasteiger partial charge in [-0.1, -0.05) is 42.5 Å². The Bertz CT molecular complexity index is 1490. The van der Waals surface area contributed by atoms with Crippen molar-refractivity contribution in [2.45, 2.75) is 32.0 Å². The Labute approximate surface area is 227 Å². The highest BCUT2D eigenvalue weighted by molar-refractivity contribution is 5.81. The van der Waals surface area contributed by atoms with Crippen LogP contribution in [0.5, 0.6) is 5.88 Å². The highest BCUT2D eigenvalue weighted by Crippen LogP contribution is 2.16. The quantitative estimate of drug-likeness (QED) is 0.123. The maximum Gasteiger partial charge on any atom is 0.408 e. The first kappa shape index (κ1) is 27.8. The molecule has 0 bridgehead atoms. The first-order valence-electron chi connectivity index (χ1n) is 12.4. The van der Waals surface area contributed by atoms with Crippen LogP contribution in [0.25, 0.3) is 11.0 Å². The fraction of sp³-hybridized carbons (Fsp3) is 0.269. The molecule has 6 N–H and O–H groups in total. The number of H-pyrrole nitrogens is 2. The van der Waals surface area contributed by atoms with Gasteiger partial charge in [-0.3, -0.25) is 9.36 Å². The van der Waals surface area contributed by atoms with Crippen LogP contribution in [-0.4, -0.2) is 61.7 Å². The van der Waals surface area contributed by atoms with Crippen LogP contribution in [0.1, 0.15) is 17.7 Å². The number of aryl methyl sites for hydroxylation is 1. The molecular formula is C26H28N7O7-. The minimum Gasteiger partial charge on any atom is -0.548 e. The molecule has 1 atom stereocenters. The van der Waals surface area contributed by atoms with E-state index in [4.69, 9.17) is 4.74 Å². The summed E-state index contributed by atoms with van der Waals surface area (Å²) in [5.74, 6) is -2.21. The SMILES string of the molecule is O=C(Cn1c(O)c(CCCNc2nc3ccccc3[nH]2)[nH]c1=O)NCC(NC(=O)OCc1ccccc1)C(=O)[O-]. The number of nitrogens with zero attached hydrogens (tertiary/aromatic N) is 2. The topological polar surface area (TPSA) is 206 Å². The average molecular weight is 551 g/mol. The number of nitrogens with one attached hydrogen (secondary N) is 5. The van der Waals surface area contributed by atoms with Gasteiger partial charge in [0.2, 0.25) is 17.7 Å². The Balaban J connectivity index is 1.22. The number of rotatable bonds is 13. The van der Waals surface area contributed by atoms with E-state index in [0.29, 0.717) is 30.9 Å². The van der Waals surface area contributed by atoms with E-state index in [-0.39, 0.29) is 12.3 Å².